The third kappa shape index (κ3) is 1.93. The topological polar surface area (TPSA) is 30.2 Å². The van der Waals surface area contributed by atoms with E-state index in [-0.39, 0.29) is 11.0 Å². The fourth-order valence-electron chi connectivity index (χ4n) is 2.35. The van der Waals surface area contributed by atoms with Crippen molar-refractivity contribution in [1.82, 2.24) is 0 Å². The molecule has 0 atom stereocenters. The summed E-state index contributed by atoms with van der Waals surface area (Å²) >= 11 is 0. The van der Waals surface area contributed by atoms with E-state index in [1.807, 2.05) is 36.4 Å². The molecule has 0 aliphatic rings. The fourth-order valence-corrected chi connectivity index (χ4v) is 2.35. The molecule has 0 bridgehead atoms. The summed E-state index contributed by atoms with van der Waals surface area (Å²) in [6, 6.07) is 13.7. The van der Waals surface area contributed by atoms with Crippen LogP contribution < -0.4 is 5.63 Å². The summed E-state index contributed by atoms with van der Waals surface area (Å²) in [4.78, 5) is 12.1. The predicted molar refractivity (Wildman–Crippen MR) is 78.7 cm³/mol. The van der Waals surface area contributed by atoms with Crippen LogP contribution in [0.3, 0.4) is 0 Å². The number of benzene rings is 2. The second-order valence-corrected chi connectivity index (χ2v) is 5.90. The Morgan fingerprint density at radius 2 is 1.63 bits per heavy atom. The fraction of sp³-hybridized carbons (Fsp3) is 0.235. The molecular formula is C17H16O2. The summed E-state index contributed by atoms with van der Waals surface area (Å²) < 4.78 is 5.39. The zero-order valence-electron chi connectivity index (χ0n) is 11.4. The molecule has 0 unspecified atom stereocenters. The van der Waals surface area contributed by atoms with E-state index in [0.717, 1.165) is 16.3 Å². The van der Waals surface area contributed by atoms with Crippen LogP contribution >= 0.6 is 0 Å². The Morgan fingerprint density at radius 3 is 2.37 bits per heavy atom. The molecule has 1 heterocycles. The van der Waals surface area contributed by atoms with Gasteiger partial charge in [-0.2, -0.15) is 0 Å². The van der Waals surface area contributed by atoms with Crippen LogP contribution in [0, 0.1) is 0 Å². The lowest BCUT2D eigenvalue weighted by atomic mass is 9.86. The molecule has 0 fully saturated rings. The highest BCUT2D eigenvalue weighted by molar-refractivity contribution is 6.04. The molecule has 2 aromatic carbocycles. The molecule has 0 N–H and O–H groups in total. The number of hydrogen-bond donors (Lipinski definition) is 0. The van der Waals surface area contributed by atoms with Gasteiger partial charge in [-0.1, -0.05) is 51.1 Å². The minimum atomic E-state index is -0.264. The van der Waals surface area contributed by atoms with Crippen molar-refractivity contribution in [3.05, 3.63) is 58.4 Å². The molecule has 0 aliphatic heterocycles. The summed E-state index contributed by atoms with van der Waals surface area (Å²) in [6.45, 7) is 6.41. The second kappa shape index (κ2) is 3.95. The van der Waals surface area contributed by atoms with Gasteiger partial charge in [0.2, 0.25) is 0 Å². The number of fused-ring (bicyclic) bond motifs is 3. The van der Waals surface area contributed by atoms with Crippen molar-refractivity contribution in [3.63, 3.8) is 0 Å². The highest BCUT2D eigenvalue weighted by Gasteiger charge is 2.15. The molecule has 3 rings (SSSR count). The smallest absolute Gasteiger partial charge is 0.344 e. The van der Waals surface area contributed by atoms with Crippen LogP contribution in [0.15, 0.2) is 51.7 Å². The van der Waals surface area contributed by atoms with Crippen LogP contribution in [0.4, 0.5) is 0 Å². The Morgan fingerprint density at radius 1 is 0.895 bits per heavy atom. The zero-order valence-corrected chi connectivity index (χ0v) is 11.4. The normalized spacial score (nSPS) is 12.2. The number of hydrogen-bond acceptors (Lipinski definition) is 2. The van der Waals surface area contributed by atoms with Crippen LogP contribution in [0.2, 0.25) is 0 Å². The molecule has 1 aromatic heterocycles. The summed E-state index contributed by atoms with van der Waals surface area (Å²) in [7, 11) is 0. The third-order valence-electron chi connectivity index (χ3n) is 3.49. The highest BCUT2D eigenvalue weighted by atomic mass is 16.4. The lowest BCUT2D eigenvalue weighted by Gasteiger charge is -2.19. The first-order valence-corrected chi connectivity index (χ1v) is 6.43. The quantitative estimate of drug-likeness (QED) is 0.442. The summed E-state index contributed by atoms with van der Waals surface area (Å²) in [5.41, 5.74) is 1.54. The Hall–Kier alpha value is -2.09. The van der Waals surface area contributed by atoms with Crippen LogP contribution in [0.25, 0.3) is 21.7 Å². The van der Waals surface area contributed by atoms with Gasteiger partial charge < -0.3 is 4.42 Å². The highest BCUT2D eigenvalue weighted by Crippen LogP contribution is 2.28. The van der Waals surface area contributed by atoms with Gasteiger partial charge >= 0.3 is 5.63 Å². The average Bonchev–Trinajstić information content (AvgIpc) is 2.37. The molecular weight excluding hydrogens is 236 g/mol. The molecule has 3 aromatic rings. The SMILES string of the molecule is CC(C)(C)c1ccc2c(c1)c(=O)oc1ccccc12. The molecule has 0 spiro atoms. The molecule has 96 valence electrons. The van der Waals surface area contributed by atoms with Gasteiger partial charge in [-0.25, -0.2) is 4.79 Å². The Kier molecular flexibility index (Phi) is 2.49. The minimum absolute atomic E-state index is 0.0201. The van der Waals surface area contributed by atoms with E-state index in [9.17, 15) is 4.79 Å². The van der Waals surface area contributed by atoms with Gasteiger partial charge in [-0.15, -0.1) is 0 Å². The van der Waals surface area contributed by atoms with Crippen molar-refractivity contribution >= 4 is 21.7 Å². The van der Waals surface area contributed by atoms with Gasteiger partial charge in [0.15, 0.2) is 0 Å². The molecule has 0 aliphatic carbocycles. The van der Waals surface area contributed by atoms with Crippen molar-refractivity contribution in [2.75, 3.05) is 0 Å². The van der Waals surface area contributed by atoms with Gasteiger partial charge in [0.25, 0.3) is 0 Å². The first kappa shape index (κ1) is 12.0. The van der Waals surface area contributed by atoms with Gasteiger partial charge in [-0.05, 0) is 28.5 Å². The molecule has 0 amide bonds. The first-order valence-electron chi connectivity index (χ1n) is 6.43. The molecule has 2 heteroatoms. The Bertz CT molecular complexity index is 820. The predicted octanol–water partition coefficient (Wildman–Crippen LogP) is 4.24. The first-order chi connectivity index (χ1) is 8.97. The minimum Gasteiger partial charge on any atom is -0.422 e. The molecule has 0 saturated heterocycles. The molecule has 0 saturated carbocycles. The van der Waals surface area contributed by atoms with Crippen LogP contribution in [0.1, 0.15) is 26.3 Å². The van der Waals surface area contributed by atoms with Crippen molar-refractivity contribution in [2.24, 2.45) is 0 Å². The Balaban J connectivity index is 2.45. The van der Waals surface area contributed by atoms with Gasteiger partial charge in [-0.3, -0.25) is 0 Å². The lowest BCUT2D eigenvalue weighted by molar-refractivity contribution is 0.568. The molecule has 0 radical (unpaired) electrons. The maximum Gasteiger partial charge on any atom is 0.344 e. The lowest BCUT2D eigenvalue weighted by Crippen LogP contribution is -2.12. The standard InChI is InChI=1S/C17H16O2/c1-17(2,3)11-8-9-12-13-6-4-5-7-15(13)19-16(18)14(12)10-11/h4-10H,1-3H3. The van der Waals surface area contributed by atoms with Crippen molar-refractivity contribution in [3.8, 4) is 0 Å². The van der Waals surface area contributed by atoms with Crippen molar-refractivity contribution < 1.29 is 4.42 Å². The molecule has 19 heavy (non-hydrogen) atoms. The van der Waals surface area contributed by atoms with Crippen molar-refractivity contribution in [2.45, 2.75) is 26.2 Å². The van der Waals surface area contributed by atoms with Crippen molar-refractivity contribution in [1.29, 1.82) is 0 Å². The van der Waals surface area contributed by atoms with E-state index in [2.05, 4.69) is 26.8 Å². The van der Waals surface area contributed by atoms with E-state index in [1.165, 1.54) is 0 Å². The van der Waals surface area contributed by atoms with E-state index in [1.54, 1.807) is 0 Å². The van der Waals surface area contributed by atoms with Crippen LogP contribution in [-0.4, -0.2) is 0 Å². The van der Waals surface area contributed by atoms with E-state index >= 15 is 0 Å². The monoisotopic (exact) mass is 252 g/mol. The Labute approximate surface area is 111 Å². The van der Waals surface area contributed by atoms with E-state index < -0.39 is 0 Å². The van der Waals surface area contributed by atoms with E-state index in [0.29, 0.717) is 11.0 Å². The number of para-hydroxylation sites is 1. The number of rotatable bonds is 0. The van der Waals surface area contributed by atoms with Gasteiger partial charge in [0.1, 0.15) is 5.58 Å². The van der Waals surface area contributed by atoms with Gasteiger partial charge in [0.05, 0.1) is 5.39 Å². The zero-order chi connectivity index (χ0) is 13.6. The molecule has 2 nitrogen and oxygen atoms in total. The van der Waals surface area contributed by atoms with Crippen LogP contribution in [-0.2, 0) is 5.41 Å². The second-order valence-electron chi connectivity index (χ2n) is 5.90. The average molecular weight is 252 g/mol. The summed E-state index contributed by atoms with van der Waals surface area (Å²) in [6.07, 6.45) is 0. The largest absolute Gasteiger partial charge is 0.422 e. The third-order valence-corrected chi connectivity index (χ3v) is 3.49. The summed E-state index contributed by atoms with van der Waals surface area (Å²) in [5.74, 6) is 0. The maximum atomic E-state index is 12.1. The van der Waals surface area contributed by atoms with Crippen LogP contribution in [0.5, 0.6) is 0 Å². The maximum absolute atomic E-state index is 12.1. The van der Waals surface area contributed by atoms with Gasteiger partial charge in [0, 0.05) is 5.39 Å². The van der Waals surface area contributed by atoms with E-state index in [4.69, 9.17) is 4.42 Å². The summed E-state index contributed by atoms with van der Waals surface area (Å²) in [5, 5.41) is 2.60.